The standard InChI is InChI=1S/C16H20N4O/c1-3-20(14-8-4-6-12(2)10-14)11-13-7-5-9-15(18-13)16(21)19-17/h4-10H,3,11,17H2,1-2H3,(H,19,21). The van der Waals surface area contributed by atoms with Gasteiger partial charge in [-0.15, -0.1) is 0 Å². The van der Waals surface area contributed by atoms with Crippen molar-refractivity contribution in [2.75, 3.05) is 11.4 Å². The van der Waals surface area contributed by atoms with Gasteiger partial charge in [0, 0.05) is 12.2 Å². The van der Waals surface area contributed by atoms with Crippen molar-refractivity contribution >= 4 is 11.6 Å². The number of anilines is 1. The molecule has 5 nitrogen and oxygen atoms in total. The summed E-state index contributed by atoms with van der Waals surface area (Å²) in [5.74, 6) is 4.76. The molecule has 110 valence electrons. The molecule has 1 aromatic heterocycles. The van der Waals surface area contributed by atoms with Gasteiger partial charge in [0.15, 0.2) is 0 Å². The Morgan fingerprint density at radius 3 is 2.71 bits per heavy atom. The van der Waals surface area contributed by atoms with Gasteiger partial charge in [-0.05, 0) is 43.7 Å². The van der Waals surface area contributed by atoms with E-state index in [0.29, 0.717) is 12.2 Å². The van der Waals surface area contributed by atoms with Gasteiger partial charge in [0.2, 0.25) is 0 Å². The number of benzene rings is 1. The van der Waals surface area contributed by atoms with Crippen LogP contribution in [0.1, 0.15) is 28.7 Å². The number of amides is 1. The lowest BCUT2D eigenvalue weighted by molar-refractivity contribution is 0.0948. The second-order valence-corrected chi connectivity index (χ2v) is 4.84. The second kappa shape index (κ2) is 6.85. The topological polar surface area (TPSA) is 71.2 Å². The lowest BCUT2D eigenvalue weighted by atomic mass is 10.2. The summed E-state index contributed by atoms with van der Waals surface area (Å²) in [5.41, 5.74) is 5.63. The molecule has 1 amide bonds. The molecule has 1 aromatic carbocycles. The number of hydrazine groups is 1. The Labute approximate surface area is 124 Å². The molecule has 0 spiro atoms. The van der Waals surface area contributed by atoms with Gasteiger partial charge in [0.1, 0.15) is 5.69 Å². The first-order chi connectivity index (χ1) is 10.1. The fraction of sp³-hybridized carbons (Fsp3) is 0.250. The van der Waals surface area contributed by atoms with Gasteiger partial charge < -0.3 is 4.90 Å². The molecule has 0 atom stereocenters. The summed E-state index contributed by atoms with van der Waals surface area (Å²) in [6.07, 6.45) is 0. The van der Waals surface area contributed by atoms with Crippen molar-refractivity contribution in [2.45, 2.75) is 20.4 Å². The highest BCUT2D eigenvalue weighted by atomic mass is 16.2. The zero-order valence-electron chi connectivity index (χ0n) is 12.3. The number of pyridine rings is 1. The molecule has 0 aliphatic carbocycles. The summed E-state index contributed by atoms with van der Waals surface area (Å²) in [6.45, 7) is 5.67. The zero-order valence-corrected chi connectivity index (χ0v) is 12.3. The fourth-order valence-electron chi connectivity index (χ4n) is 2.17. The van der Waals surface area contributed by atoms with Crippen LogP contribution in [0.2, 0.25) is 0 Å². The van der Waals surface area contributed by atoms with Crippen molar-refractivity contribution in [1.29, 1.82) is 0 Å². The first-order valence-electron chi connectivity index (χ1n) is 6.92. The summed E-state index contributed by atoms with van der Waals surface area (Å²) in [4.78, 5) is 18.1. The predicted octanol–water partition coefficient (Wildman–Crippen LogP) is 2.02. The maximum absolute atomic E-state index is 11.5. The van der Waals surface area contributed by atoms with Gasteiger partial charge in [-0.25, -0.2) is 10.8 Å². The SMILES string of the molecule is CCN(Cc1cccc(C(=O)NN)n1)c1cccc(C)c1. The number of rotatable bonds is 5. The number of nitrogens with two attached hydrogens (primary N) is 1. The van der Waals surface area contributed by atoms with Crippen molar-refractivity contribution in [3.63, 3.8) is 0 Å². The number of aryl methyl sites for hydroxylation is 1. The molecular formula is C16H20N4O. The molecule has 0 aliphatic rings. The number of carbonyl (C=O) groups excluding carboxylic acids is 1. The molecular weight excluding hydrogens is 264 g/mol. The average molecular weight is 284 g/mol. The van der Waals surface area contributed by atoms with Gasteiger partial charge in [0.05, 0.1) is 12.2 Å². The van der Waals surface area contributed by atoms with Gasteiger partial charge in [0.25, 0.3) is 5.91 Å². The van der Waals surface area contributed by atoms with Crippen LogP contribution in [0.5, 0.6) is 0 Å². The maximum Gasteiger partial charge on any atom is 0.283 e. The Balaban J connectivity index is 2.21. The van der Waals surface area contributed by atoms with Crippen LogP contribution < -0.4 is 16.2 Å². The molecule has 1 heterocycles. The maximum atomic E-state index is 11.5. The number of hydrogen-bond acceptors (Lipinski definition) is 4. The number of nitrogens with zero attached hydrogens (tertiary/aromatic N) is 2. The summed E-state index contributed by atoms with van der Waals surface area (Å²) in [6, 6.07) is 13.7. The Morgan fingerprint density at radius 1 is 1.29 bits per heavy atom. The lowest BCUT2D eigenvalue weighted by Gasteiger charge is -2.23. The zero-order chi connectivity index (χ0) is 15.2. The van der Waals surface area contributed by atoms with E-state index in [0.717, 1.165) is 17.9 Å². The first-order valence-corrected chi connectivity index (χ1v) is 6.92. The summed E-state index contributed by atoms with van der Waals surface area (Å²) >= 11 is 0. The van der Waals surface area contributed by atoms with Crippen molar-refractivity contribution in [3.8, 4) is 0 Å². The van der Waals surface area contributed by atoms with Crippen molar-refractivity contribution in [3.05, 3.63) is 59.4 Å². The number of nitrogen functional groups attached to an aromatic ring is 1. The van der Waals surface area contributed by atoms with E-state index >= 15 is 0 Å². The normalized spacial score (nSPS) is 10.2. The first kappa shape index (κ1) is 15.0. The van der Waals surface area contributed by atoms with Gasteiger partial charge in [-0.2, -0.15) is 0 Å². The van der Waals surface area contributed by atoms with E-state index in [4.69, 9.17) is 5.84 Å². The van der Waals surface area contributed by atoms with Gasteiger partial charge >= 0.3 is 0 Å². The van der Waals surface area contributed by atoms with Crippen molar-refractivity contribution in [2.24, 2.45) is 5.84 Å². The highest BCUT2D eigenvalue weighted by Gasteiger charge is 2.09. The molecule has 0 bridgehead atoms. The quantitative estimate of drug-likeness (QED) is 0.500. The fourth-order valence-corrected chi connectivity index (χ4v) is 2.17. The Morgan fingerprint density at radius 2 is 2.05 bits per heavy atom. The molecule has 5 heteroatoms. The monoisotopic (exact) mass is 284 g/mol. The van der Waals surface area contributed by atoms with Crippen LogP contribution in [0.25, 0.3) is 0 Å². The summed E-state index contributed by atoms with van der Waals surface area (Å²) in [7, 11) is 0. The largest absolute Gasteiger partial charge is 0.366 e. The number of carbonyl (C=O) groups is 1. The number of aromatic nitrogens is 1. The predicted molar refractivity (Wildman–Crippen MR) is 83.8 cm³/mol. The molecule has 0 saturated heterocycles. The van der Waals surface area contributed by atoms with Gasteiger partial charge in [-0.3, -0.25) is 10.2 Å². The minimum atomic E-state index is -0.379. The molecule has 0 fully saturated rings. The molecule has 3 N–H and O–H groups in total. The smallest absolute Gasteiger partial charge is 0.283 e. The van der Waals surface area contributed by atoms with Crippen LogP contribution >= 0.6 is 0 Å². The number of nitrogens with one attached hydrogen (secondary N) is 1. The Kier molecular flexibility index (Phi) is 4.90. The highest BCUT2D eigenvalue weighted by Crippen LogP contribution is 2.18. The molecule has 0 saturated carbocycles. The summed E-state index contributed by atoms with van der Waals surface area (Å²) < 4.78 is 0. The average Bonchev–Trinajstić information content (AvgIpc) is 2.52. The highest BCUT2D eigenvalue weighted by molar-refractivity contribution is 5.91. The molecule has 21 heavy (non-hydrogen) atoms. The van der Waals surface area contributed by atoms with Crippen LogP contribution in [0, 0.1) is 6.92 Å². The molecule has 0 unspecified atom stereocenters. The lowest BCUT2D eigenvalue weighted by Crippen LogP contribution is -2.31. The van der Waals surface area contributed by atoms with Gasteiger partial charge in [-0.1, -0.05) is 18.2 Å². The van der Waals surface area contributed by atoms with E-state index in [2.05, 4.69) is 47.4 Å². The van der Waals surface area contributed by atoms with Crippen LogP contribution in [0.15, 0.2) is 42.5 Å². The van der Waals surface area contributed by atoms with Crippen LogP contribution in [0.4, 0.5) is 5.69 Å². The third-order valence-corrected chi connectivity index (χ3v) is 3.27. The van der Waals surface area contributed by atoms with Crippen LogP contribution in [-0.4, -0.2) is 17.4 Å². The summed E-state index contributed by atoms with van der Waals surface area (Å²) in [5, 5.41) is 0. The van der Waals surface area contributed by atoms with Crippen molar-refractivity contribution in [1.82, 2.24) is 10.4 Å². The third kappa shape index (κ3) is 3.79. The number of hydrogen-bond donors (Lipinski definition) is 2. The van der Waals surface area contributed by atoms with Crippen LogP contribution in [-0.2, 0) is 6.54 Å². The molecule has 2 rings (SSSR count). The minimum Gasteiger partial charge on any atom is -0.366 e. The van der Waals surface area contributed by atoms with E-state index in [1.807, 2.05) is 18.2 Å². The van der Waals surface area contributed by atoms with E-state index in [9.17, 15) is 4.79 Å². The third-order valence-electron chi connectivity index (χ3n) is 3.27. The Bertz CT molecular complexity index is 627. The molecule has 2 aromatic rings. The molecule has 0 aliphatic heterocycles. The molecule has 0 radical (unpaired) electrons. The van der Waals surface area contributed by atoms with Crippen molar-refractivity contribution < 1.29 is 4.79 Å². The minimum absolute atomic E-state index is 0.329. The van der Waals surface area contributed by atoms with E-state index in [1.165, 1.54) is 5.56 Å². The van der Waals surface area contributed by atoms with E-state index < -0.39 is 0 Å². The van der Waals surface area contributed by atoms with E-state index in [-0.39, 0.29) is 5.91 Å². The van der Waals surface area contributed by atoms with Crippen LogP contribution in [0.3, 0.4) is 0 Å². The second-order valence-electron chi connectivity index (χ2n) is 4.84. The van der Waals surface area contributed by atoms with E-state index in [1.54, 1.807) is 6.07 Å². The Hall–Kier alpha value is -2.40.